The number of hydrogen-bond acceptors (Lipinski definition) is 2. The molecule has 1 amide bonds. The molecule has 1 aliphatic heterocycles. The predicted octanol–water partition coefficient (Wildman–Crippen LogP) is 2.56. The first-order chi connectivity index (χ1) is 9.49. The van der Waals surface area contributed by atoms with Gasteiger partial charge in [-0.15, -0.1) is 0 Å². The van der Waals surface area contributed by atoms with E-state index in [9.17, 15) is 4.79 Å². The quantitative estimate of drug-likeness (QED) is 0.915. The number of nitrogens with one attached hydrogen (secondary N) is 1. The van der Waals surface area contributed by atoms with Gasteiger partial charge in [0.2, 0.25) is 5.91 Å². The lowest BCUT2D eigenvalue weighted by atomic mass is 9.80. The fourth-order valence-corrected chi connectivity index (χ4v) is 2.77. The molecule has 1 heterocycles. The van der Waals surface area contributed by atoms with Crippen LogP contribution in [0.5, 0.6) is 0 Å². The van der Waals surface area contributed by atoms with Crippen molar-refractivity contribution >= 4 is 5.91 Å². The normalized spacial score (nSPS) is 19.9. The van der Waals surface area contributed by atoms with Crippen molar-refractivity contribution in [2.45, 2.75) is 45.1 Å². The van der Waals surface area contributed by atoms with Crippen LogP contribution in [0.1, 0.15) is 39.2 Å². The van der Waals surface area contributed by atoms with Crippen LogP contribution in [0.2, 0.25) is 0 Å². The summed E-state index contributed by atoms with van der Waals surface area (Å²) in [5.74, 6) is 0.294. The molecule has 1 aromatic carbocycles. The zero-order valence-corrected chi connectivity index (χ0v) is 12.9. The van der Waals surface area contributed by atoms with Gasteiger partial charge in [-0.1, -0.05) is 44.2 Å². The molecule has 1 aliphatic rings. The highest BCUT2D eigenvalue weighted by Gasteiger charge is 2.25. The monoisotopic (exact) mass is 274 g/mol. The van der Waals surface area contributed by atoms with Crippen molar-refractivity contribution in [3.8, 4) is 0 Å². The molecule has 2 rings (SSSR count). The number of nitrogens with zero attached hydrogens (tertiary/aromatic N) is 1. The molecule has 110 valence electrons. The lowest BCUT2D eigenvalue weighted by Crippen LogP contribution is -2.51. The lowest BCUT2D eigenvalue weighted by Gasteiger charge is -2.33. The third kappa shape index (κ3) is 3.83. The number of benzene rings is 1. The molecule has 3 nitrogen and oxygen atoms in total. The van der Waals surface area contributed by atoms with Gasteiger partial charge in [0.1, 0.15) is 0 Å². The van der Waals surface area contributed by atoms with Gasteiger partial charge in [-0.05, 0) is 24.3 Å². The molecule has 0 unspecified atom stereocenters. The van der Waals surface area contributed by atoms with Gasteiger partial charge >= 0.3 is 0 Å². The van der Waals surface area contributed by atoms with Crippen LogP contribution in [0.25, 0.3) is 0 Å². The Hall–Kier alpha value is -1.35. The average molecular weight is 274 g/mol. The maximum atomic E-state index is 12.3. The van der Waals surface area contributed by atoms with Gasteiger partial charge in [0.25, 0.3) is 0 Å². The first-order valence-corrected chi connectivity index (χ1v) is 7.56. The van der Waals surface area contributed by atoms with Crippen molar-refractivity contribution in [3.05, 3.63) is 35.9 Å². The maximum absolute atomic E-state index is 12.3. The van der Waals surface area contributed by atoms with Crippen LogP contribution in [0.15, 0.2) is 30.3 Å². The van der Waals surface area contributed by atoms with E-state index in [0.717, 1.165) is 26.1 Å². The van der Waals surface area contributed by atoms with Crippen molar-refractivity contribution in [3.63, 3.8) is 0 Å². The van der Waals surface area contributed by atoms with Crippen molar-refractivity contribution in [1.29, 1.82) is 0 Å². The van der Waals surface area contributed by atoms with Crippen molar-refractivity contribution in [1.82, 2.24) is 10.2 Å². The van der Waals surface area contributed by atoms with Crippen LogP contribution in [0.4, 0.5) is 0 Å². The summed E-state index contributed by atoms with van der Waals surface area (Å²) in [5, 5.41) is 3.37. The first kappa shape index (κ1) is 15.0. The summed E-state index contributed by atoms with van der Waals surface area (Å²) in [7, 11) is 0. The third-order valence-electron chi connectivity index (χ3n) is 4.24. The van der Waals surface area contributed by atoms with Crippen LogP contribution in [-0.4, -0.2) is 36.5 Å². The molecule has 0 spiro atoms. The predicted molar refractivity (Wildman–Crippen MR) is 82.7 cm³/mol. The van der Waals surface area contributed by atoms with E-state index < -0.39 is 0 Å². The molecule has 0 aromatic heterocycles. The zero-order chi connectivity index (χ0) is 14.6. The summed E-state index contributed by atoms with van der Waals surface area (Å²) in [4.78, 5) is 14.3. The molecule has 0 saturated carbocycles. The molecule has 0 radical (unpaired) electrons. The van der Waals surface area contributed by atoms with E-state index in [-0.39, 0.29) is 5.41 Å². The Morgan fingerprint density at radius 3 is 2.70 bits per heavy atom. The van der Waals surface area contributed by atoms with Gasteiger partial charge in [0, 0.05) is 32.1 Å². The molecule has 1 saturated heterocycles. The Labute approximate surface area is 122 Å². The molecule has 1 atom stereocenters. The van der Waals surface area contributed by atoms with Crippen LogP contribution in [-0.2, 0) is 10.2 Å². The highest BCUT2D eigenvalue weighted by molar-refractivity contribution is 5.76. The fraction of sp³-hybridized carbons (Fsp3) is 0.588. The topological polar surface area (TPSA) is 32.3 Å². The maximum Gasteiger partial charge on any atom is 0.222 e. The Morgan fingerprint density at radius 2 is 2.05 bits per heavy atom. The van der Waals surface area contributed by atoms with Crippen LogP contribution in [0.3, 0.4) is 0 Å². The Kier molecular flexibility index (Phi) is 4.81. The number of carbonyl (C=O) groups excluding carboxylic acids is 1. The summed E-state index contributed by atoms with van der Waals surface area (Å²) in [6, 6.07) is 10.9. The molecular formula is C17H26N2O. The number of amides is 1. The molecule has 20 heavy (non-hydrogen) atoms. The molecule has 1 fully saturated rings. The minimum Gasteiger partial charge on any atom is -0.340 e. The standard InChI is InChI=1S/C17H26N2O/c1-14-13-19(12-11-18-14)16(20)9-10-17(2,3)15-7-5-4-6-8-15/h4-8,14,18H,9-13H2,1-3H3/t14-/m1/s1. The zero-order valence-electron chi connectivity index (χ0n) is 12.9. The minimum absolute atomic E-state index is 0.0522. The molecule has 3 heteroatoms. The van der Waals surface area contributed by atoms with Crippen molar-refractivity contribution in [2.75, 3.05) is 19.6 Å². The van der Waals surface area contributed by atoms with Crippen LogP contribution >= 0.6 is 0 Å². The Balaban J connectivity index is 1.89. The van der Waals surface area contributed by atoms with E-state index >= 15 is 0 Å². The number of carbonyl (C=O) groups is 1. The molecule has 0 aliphatic carbocycles. The minimum atomic E-state index is 0.0522. The second-order valence-electron chi connectivity index (χ2n) is 6.44. The van der Waals surface area contributed by atoms with Crippen LogP contribution < -0.4 is 5.32 Å². The smallest absolute Gasteiger partial charge is 0.222 e. The molecule has 0 bridgehead atoms. The second-order valence-corrected chi connectivity index (χ2v) is 6.44. The Bertz CT molecular complexity index is 442. The lowest BCUT2D eigenvalue weighted by molar-refractivity contribution is -0.132. The van der Waals surface area contributed by atoms with Gasteiger partial charge < -0.3 is 10.2 Å². The van der Waals surface area contributed by atoms with Gasteiger partial charge in [-0.2, -0.15) is 0 Å². The van der Waals surface area contributed by atoms with E-state index in [4.69, 9.17) is 0 Å². The van der Waals surface area contributed by atoms with E-state index in [1.807, 2.05) is 11.0 Å². The van der Waals surface area contributed by atoms with E-state index in [2.05, 4.69) is 50.4 Å². The van der Waals surface area contributed by atoms with Crippen molar-refractivity contribution in [2.24, 2.45) is 0 Å². The number of piperazine rings is 1. The SMILES string of the molecule is C[C@@H]1CN(C(=O)CCC(C)(C)c2ccccc2)CCN1. The summed E-state index contributed by atoms with van der Waals surface area (Å²) in [6.45, 7) is 9.16. The second kappa shape index (κ2) is 6.40. The van der Waals surface area contributed by atoms with E-state index in [1.165, 1.54) is 5.56 Å². The van der Waals surface area contributed by atoms with Gasteiger partial charge in [-0.3, -0.25) is 4.79 Å². The van der Waals surface area contributed by atoms with Crippen LogP contribution in [0, 0.1) is 0 Å². The highest BCUT2D eigenvalue weighted by atomic mass is 16.2. The summed E-state index contributed by atoms with van der Waals surface area (Å²) in [5.41, 5.74) is 1.36. The number of rotatable bonds is 4. The Morgan fingerprint density at radius 1 is 1.35 bits per heavy atom. The fourth-order valence-electron chi connectivity index (χ4n) is 2.77. The largest absolute Gasteiger partial charge is 0.340 e. The molecule has 1 aromatic rings. The van der Waals surface area contributed by atoms with Crippen molar-refractivity contribution < 1.29 is 4.79 Å². The summed E-state index contributed by atoms with van der Waals surface area (Å²) < 4.78 is 0. The molecule has 1 N–H and O–H groups in total. The summed E-state index contributed by atoms with van der Waals surface area (Å²) >= 11 is 0. The third-order valence-corrected chi connectivity index (χ3v) is 4.24. The van der Waals surface area contributed by atoms with E-state index in [1.54, 1.807) is 0 Å². The average Bonchev–Trinajstić information content (AvgIpc) is 2.46. The first-order valence-electron chi connectivity index (χ1n) is 7.56. The van der Waals surface area contributed by atoms with E-state index in [0.29, 0.717) is 18.4 Å². The highest BCUT2D eigenvalue weighted by Crippen LogP contribution is 2.28. The van der Waals surface area contributed by atoms with Gasteiger partial charge in [0.15, 0.2) is 0 Å². The summed E-state index contributed by atoms with van der Waals surface area (Å²) in [6.07, 6.45) is 1.53. The number of hydrogen-bond donors (Lipinski definition) is 1. The van der Waals surface area contributed by atoms with Gasteiger partial charge in [-0.25, -0.2) is 0 Å². The van der Waals surface area contributed by atoms with Gasteiger partial charge in [0.05, 0.1) is 0 Å². The molecular weight excluding hydrogens is 248 g/mol.